The summed E-state index contributed by atoms with van der Waals surface area (Å²) in [6.07, 6.45) is 9.37. The number of rotatable bonds is 12. The Labute approximate surface area is 401 Å². The molecule has 3 N–H and O–H groups in total. The van der Waals surface area contributed by atoms with Gasteiger partial charge in [-0.3, -0.25) is 19.8 Å². The molecule has 0 unspecified atom stereocenters. The number of amides is 1. The number of halogens is 1. The topological polar surface area (TPSA) is 184 Å². The van der Waals surface area contributed by atoms with Crippen LogP contribution in [-0.4, -0.2) is 105 Å². The number of nitrogens with one attached hydrogen (secondary N) is 3. The molecule has 364 valence electrons. The Morgan fingerprint density at radius 1 is 0.986 bits per heavy atom. The number of nitrogens with zero attached hydrogens (tertiary/aromatic N) is 5. The van der Waals surface area contributed by atoms with Crippen molar-refractivity contribution in [3.8, 4) is 5.88 Å². The third kappa shape index (κ3) is 8.56. The second kappa shape index (κ2) is 18.2. The summed E-state index contributed by atoms with van der Waals surface area (Å²) in [5, 5.41) is 16.2. The Kier molecular flexibility index (Phi) is 12.0. The quantitative estimate of drug-likeness (QED) is 0.0799. The second-order valence-corrected chi connectivity index (χ2v) is 21.9. The highest BCUT2D eigenvalue weighted by Gasteiger charge is 2.50. The number of hydrogen-bond acceptors (Lipinski definition) is 13. The highest BCUT2D eigenvalue weighted by atomic mass is 32.2. The number of likely N-dealkylation sites (tertiary alicyclic amines) is 1. The highest BCUT2D eigenvalue weighted by Crippen LogP contribution is 2.55. The fraction of sp³-hybridized carbons (Fsp3) is 0.490. The first-order chi connectivity index (χ1) is 33.3. The van der Waals surface area contributed by atoms with E-state index in [1.165, 1.54) is 12.1 Å². The summed E-state index contributed by atoms with van der Waals surface area (Å²) in [6.45, 7) is 9.09. The lowest BCUT2D eigenvalue weighted by molar-refractivity contribution is -0.384. The van der Waals surface area contributed by atoms with E-state index < -0.39 is 37.5 Å². The molecule has 1 amide bonds. The van der Waals surface area contributed by atoms with E-state index in [1.807, 2.05) is 35.2 Å². The number of benzene rings is 3. The molecule has 18 heteroatoms. The number of hydrogen-bond donors (Lipinski definition) is 3. The average Bonchev–Trinajstić information content (AvgIpc) is 4.13. The second-order valence-electron chi connectivity index (χ2n) is 20.2. The van der Waals surface area contributed by atoms with Gasteiger partial charge in [0.05, 0.1) is 40.3 Å². The molecule has 16 nitrogen and oxygen atoms in total. The molecule has 6 aliphatic rings. The molecule has 4 saturated heterocycles. The Morgan fingerprint density at radius 3 is 2.58 bits per heavy atom. The summed E-state index contributed by atoms with van der Waals surface area (Å²) in [5.74, 6) is -0.269. The third-order valence-corrected chi connectivity index (χ3v) is 17.1. The molecule has 0 bridgehead atoms. The zero-order valence-electron chi connectivity index (χ0n) is 39.0. The van der Waals surface area contributed by atoms with Gasteiger partial charge in [-0.05, 0) is 135 Å². The van der Waals surface area contributed by atoms with Crippen LogP contribution in [0.25, 0.3) is 11.0 Å². The molecule has 1 saturated carbocycles. The molecule has 1 spiro atoms. The van der Waals surface area contributed by atoms with Gasteiger partial charge < -0.3 is 34.3 Å². The van der Waals surface area contributed by atoms with Gasteiger partial charge in [0.1, 0.15) is 28.9 Å². The lowest BCUT2D eigenvalue weighted by Crippen LogP contribution is -2.55. The van der Waals surface area contributed by atoms with Gasteiger partial charge in [-0.15, -0.1) is 0 Å². The first-order valence-corrected chi connectivity index (χ1v) is 25.9. The van der Waals surface area contributed by atoms with E-state index >= 15 is 4.39 Å². The minimum Gasteiger partial charge on any atom is -0.468 e. The largest absolute Gasteiger partial charge is 0.468 e. The van der Waals surface area contributed by atoms with Crippen LogP contribution in [0.5, 0.6) is 5.88 Å². The first-order valence-electron chi connectivity index (χ1n) is 24.5. The molecule has 2 aromatic heterocycles. The number of H-pyrrole nitrogens is 1. The Bertz CT molecular complexity index is 2890. The molecule has 11 rings (SSSR count). The van der Waals surface area contributed by atoms with Crippen molar-refractivity contribution in [2.75, 3.05) is 67.7 Å². The van der Waals surface area contributed by atoms with E-state index in [4.69, 9.17) is 19.2 Å². The molecule has 5 aliphatic heterocycles. The number of pyridine rings is 1. The van der Waals surface area contributed by atoms with Crippen molar-refractivity contribution in [2.24, 2.45) is 11.3 Å². The van der Waals surface area contributed by atoms with Crippen molar-refractivity contribution in [2.45, 2.75) is 100 Å². The Hall–Kier alpha value is -5.82. The molecule has 1 aliphatic carbocycles. The summed E-state index contributed by atoms with van der Waals surface area (Å²) < 4.78 is 63.4. The van der Waals surface area contributed by atoms with Crippen LogP contribution in [0, 0.1) is 27.3 Å². The zero-order valence-corrected chi connectivity index (χ0v) is 39.8. The molecule has 3 atom stereocenters. The van der Waals surface area contributed by atoms with Gasteiger partial charge in [0.15, 0.2) is 0 Å². The van der Waals surface area contributed by atoms with E-state index in [9.17, 15) is 23.3 Å². The molecule has 7 heterocycles. The zero-order chi connectivity index (χ0) is 47.6. The van der Waals surface area contributed by atoms with Crippen molar-refractivity contribution < 1.29 is 36.7 Å². The Morgan fingerprint density at radius 2 is 1.80 bits per heavy atom. The third-order valence-electron chi connectivity index (χ3n) is 15.8. The SMILES string of the molecule is CC(C)c1c(F)cccc1[C@@H]1CCCN1C1CC2(CCN(c3ccc(C(=O)NS(=O)(=O)c4ccc(NCC5CCOCC5)c([N+](=O)[O-])c4)c(N4c5cc6cc[nH]c6nc5O[C@@H]5COC[C@H]54)c3)CC2)C1. The van der Waals surface area contributed by atoms with E-state index in [0.717, 1.165) is 99.3 Å². The number of sulfonamides is 1. The van der Waals surface area contributed by atoms with E-state index in [-0.39, 0.29) is 46.4 Å². The lowest BCUT2D eigenvalue weighted by Gasteiger charge is -2.56. The maximum absolute atomic E-state index is 15.1. The van der Waals surface area contributed by atoms with Gasteiger partial charge >= 0.3 is 0 Å². The van der Waals surface area contributed by atoms with Crippen molar-refractivity contribution in [3.05, 3.63) is 106 Å². The molecular weight excluding hydrogens is 904 g/mol. The predicted molar refractivity (Wildman–Crippen MR) is 260 cm³/mol. The van der Waals surface area contributed by atoms with E-state index in [0.29, 0.717) is 61.9 Å². The van der Waals surface area contributed by atoms with Crippen LogP contribution < -0.4 is 24.6 Å². The highest BCUT2D eigenvalue weighted by molar-refractivity contribution is 7.90. The maximum Gasteiger partial charge on any atom is 0.293 e. The molecule has 0 radical (unpaired) electrons. The number of carbonyl (C=O) groups excluding carboxylic acids is 1. The van der Waals surface area contributed by atoms with Gasteiger partial charge in [0, 0.05) is 68.3 Å². The van der Waals surface area contributed by atoms with Crippen LogP contribution in [0.1, 0.15) is 98.7 Å². The molecule has 3 aromatic carbocycles. The Balaban J connectivity index is 0.864. The number of fused-ring (bicyclic) bond motifs is 3. The first kappa shape index (κ1) is 45.6. The fourth-order valence-corrected chi connectivity index (χ4v) is 13.1. The van der Waals surface area contributed by atoms with Crippen LogP contribution in [0.3, 0.4) is 0 Å². The number of anilines is 4. The number of nitro groups is 1. The van der Waals surface area contributed by atoms with Gasteiger partial charge in [-0.25, -0.2) is 17.5 Å². The number of aromatic nitrogens is 2. The number of carbonyl (C=O) groups is 1. The van der Waals surface area contributed by atoms with Crippen LogP contribution in [0.4, 0.5) is 32.8 Å². The fourth-order valence-electron chi connectivity index (χ4n) is 12.1. The molecule has 69 heavy (non-hydrogen) atoms. The number of piperidine rings is 1. The molecular formula is C51H59FN8O8S. The van der Waals surface area contributed by atoms with Gasteiger partial charge in [-0.1, -0.05) is 26.0 Å². The van der Waals surface area contributed by atoms with Crippen molar-refractivity contribution in [1.29, 1.82) is 0 Å². The van der Waals surface area contributed by atoms with Crippen LogP contribution >= 0.6 is 0 Å². The maximum atomic E-state index is 15.1. The van der Waals surface area contributed by atoms with Crippen LogP contribution in [0.15, 0.2) is 77.8 Å². The van der Waals surface area contributed by atoms with Crippen LogP contribution in [0.2, 0.25) is 0 Å². The minimum absolute atomic E-state index is 0.0913. The monoisotopic (exact) mass is 962 g/mol. The average molecular weight is 963 g/mol. The number of nitro benzene ring substituents is 1. The van der Waals surface area contributed by atoms with Gasteiger partial charge in [0.25, 0.3) is 21.6 Å². The molecule has 5 fully saturated rings. The summed E-state index contributed by atoms with van der Waals surface area (Å²) in [6, 6.07) is 18.9. The number of aromatic amines is 1. The van der Waals surface area contributed by atoms with Gasteiger partial charge in [-0.2, -0.15) is 4.98 Å². The van der Waals surface area contributed by atoms with Crippen molar-refractivity contribution in [1.82, 2.24) is 19.6 Å². The normalized spacial score (nSPS) is 22.9. The van der Waals surface area contributed by atoms with Crippen molar-refractivity contribution in [3.63, 3.8) is 0 Å². The van der Waals surface area contributed by atoms with Crippen LogP contribution in [-0.2, 0) is 19.5 Å². The van der Waals surface area contributed by atoms with Crippen molar-refractivity contribution >= 4 is 55.4 Å². The smallest absolute Gasteiger partial charge is 0.293 e. The summed E-state index contributed by atoms with van der Waals surface area (Å²) >= 11 is 0. The summed E-state index contributed by atoms with van der Waals surface area (Å²) in [7, 11) is -4.60. The number of ether oxygens (including phenoxy) is 3. The predicted octanol–water partition coefficient (Wildman–Crippen LogP) is 8.57. The summed E-state index contributed by atoms with van der Waals surface area (Å²) in [4.78, 5) is 40.8. The van der Waals surface area contributed by atoms with Gasteiger partial charge in [0.2, 0.25) is 5.88 Å². The lowest BCUT2D eigenvalue weighted by atomic mass is 9.59. The standard InChI is InChI=1S/C51H59FN8O8S/c1-31(2)47-37(5-3-6-39(47)52)41-7-4-18-58(41)35-26-51(27-35)15-19-57(20-16-51)34-8-10-38(42(24-34)59-44-23-33-12-17-53-48(33)55-50(44)68-46-30-67-29-45(46)59)49(61)56-69(64,65)36-9-11-40(43(25-36)60(62)63)54-28-32-13-21-66-22-14-32/h3,5-6,8-12,17,23-25,31-32,35,41,45-46,54H,4,7,13-16,18-22,26-30H2,1-2H3,(H,53,55)(H,56,61)/t41-,45+,46+/m0/s1. The van der Waals surface area contributed by atoms with E-state index in [1.54, 1.807) is 18.3 Å². The minimum atomic E-state index is -4.60. The summed E-state index contributed by atoms with van der Waals surface area (Å²) in [5.41, 5.74) is 4.68. The molecule has 5 aromatic rings. The van der Waals surface area contributed by atoms with E-state index in [2.05, 4.69) is 44.7 Å².